The lowest BCUT2D eigenvalue weighted by molar-refractivity contribution is -0.122. The molecule has 0 aliphatic rings. The van der Waals surface area contributed by atoms with Crippen molar-refractivity contribution in [1.82, 2.24) is 14.2 Å². The average Bonchev–Trinajstić information content (AvgIpc) is 3.24. The highest BCUT2D eigenvalue weighted by atomic mass is 35.5. The number of hydrogen-bond donors (Lipinski definition) is 0. The lowest BCUT2D eigenvalue weighted by atomic mass is 9.99. The van der Waals surface area contributed by atoms with Crippen LogP contribution in [0.5, 0.6) is 5.75 Å². The summed E-state index contributed by atoms with van der Waals surface area (Å²) in [6, 6.07) is 11.0. The second-order valence-electron chi connectivity index (χ2n) is 8.10. The molecule has 3 heterocycles. The first-order chi connectivity index (χ1) is 17.4. The average molecular weight is 525 g/mol. The van der Waals surface area contributed by atoms with Crippen LogP contribution in [0, 0.1) is 11.3 Å². The van der Waals surface area contributed by atoms with Gasteiger partial charge in [0.25, 0.3) is 5.56 Å². The van der Waals surface area contributed by atoms with E-state index in [1.165, 1.54) is 37.2 Å². The van der Waals surface area contributed by atoms with Gasteiger partial charge in [0.05, 0.1) is 47.7 Å². The van der Waals surface area contributed by atoms with E-state index in [2.05, 4.69) is 11.2 Å². The Labute approximate surface area is 217 Å². The second kappa shape index (κ2) is 11.0. The van der Waals surface area contributed by atoms with Crippen LogP contribution in [0.1, 0.15) is 23.6 Å². The molecule has 0 aliphatic carbocycles. The van der Waals surface area contributed by atoms with E-state index in [1.807, 2.05) is 0 Å². The van der Waals surface area contributed by atoms with E-state index >= 15 is 0 Å². The monoisotopic (exact) mass is 524 g/mol. The highest BCUT2D eigenvalue weighted by Crippen LogP contribution is 2.33. The third-order valence-electron chi connectivity index (χ3n) is 5.88. The first-order valence-electron chi connectivity index (χ1n) is 11.0. The quantitative estimate of drug-likeness (QED) is 0.313. The molecule has 0 radical (unpaired) electrons. The van der Waals surface area contributed by atoms with Crippen molar-refractivity contribution in [1.29, 1.82) is 5.26 Å². The van der Waals surface area contributed by atoms with Gasteiger partial charge < -0.3 is 14.0 Å². The number of nitriles is 1. The normalized spacial score (nSPS) is 11.9. The summed E-state index contributed by atoms with van der Waals surface area (Å²) in [7, 11) is 2.99. The van der Waals surface area contributed by atoms with E-state index in [0.717, 1.165) is 5.56 Å². The van der Waals surface area contributed by atoms with Crippen LogP contribution in [0.4, 0.5) is 0 Å². The summed E-state index contributed by atoms with van der Waals surface area (Å²) in [6.07, 6.45) is 5.13. The van der Waals surface area contributed by atoms with Gasteiger partial charge in [-0.05, 0) is 42.3 Å². The Morgan fingerprint density at radius 1 is 1.17 bits per heavy atom. The maximum absolute atomic E-state index is 13.5. The van der Waals surface area contributed by atoms with E-state index in [-0.39, 0.29) is 25.2 Å². The largest absolute Gasteiger partial charge is 0.495 e. The molecule has 1 unspecified atom stereocenters. The molecule has 0 saturated heterocycles. The number of aromatic nitrogens is 3. The Bertz CT molecular complexity index is 1540. The fourth-order valence-corrected chi connectivity index (χ4v) is 4.45. The van der Waals surface area contributed by atoms with Crippen molar-refractivity contribution in [3.63, 3.8) is 0 Å². The molecule has 8 nitrogen and oxygen atoms in total. The first kappa shape index (κ1) is 25.5. The number of pyridine rings is 2. The van der Waals surface area contributed by atoms with Crippen LogP contribution in [0.25, 0.3) is 16.6 Å². The molecule has 0 amide bonds. The van der Waals surface area contributed by atoms with Gasteiger partial charge in [-0.3, -0.25) is 9.59 Å². The van der Waals surface area contributed by atoms with Crippen molar-refractivity contribution in [3.05, 3.63) is 86.5 Å². The number of halogens is 2. The van der Waals surface area contributed by atoms with Gasteiger partial charge >= 0.3 is 0 Å². The van der Waals surface area contributed by atoms with Crippen LogP contribution in [-0.2, 0) is 16.0 Å². The maximum atomic E-state index is 13.5. The van der Waals surface area contributed by atoms with Gasteiger partial charge in [-0.2, -0.15) is 10.4 Å². The number of nitrogens with zero attached hydrogens (tertiary/aromatic N) is 4. The van der Waals surface area contributed by atoms with Crippen LogP contribution in [0.3, 0.4) is 0 Å². The lowest BCUT2D eigenvalue weighted by Gasteiger charge is -2.21. The fraction of sp³-hybridized carbons (Fsp3) is 0.231. The highest BCUT2D eigenvalue weighted by molar-refractivity contribution is 6.33. The molecule has 4 aromatic rings. The SMILES string of the molecule is COCCC(C(=O)Cc1ccn2ncc(Cl)c2c1)n1cc(OC)c(-c2cc(Cl)ccc2C#N)cc1=O. The van der Waals surface area contributed by atoms with Gasteiger partial charge in [0, 0.05) is 48.6 Å². The molecular formula is C26H22Cl2N4O4. The number of methoxy groups -OCH3 is 2. The second-order valence-corrected chi connectivity index (χ2v) is 8.94. The van der Waals surface area contributed by atoms with Crippen molar-refractivity contribution in [3.8, 4) is 22.9 Å². The van der Waals surface area contributed by atoms with Gasteiger partial charge in [-0.15, -0.1) is 0 Å². The molecule has 0 bridgehead atoms. The van der Waals surface area contributed by atoms with Crippen molar-refractivity contribution >= 4 is 34.5 Å². The standard InChI is InChI=1S/C26H22Cl2N4O4/c1-35-8-6-22(24(33)10-16-5-7-32-23(9-16)21(28)14-30-32)31-15-25(36-2)20(12-26(31)34)19-11-18(27)4-3-17(19)13-29/h3-5,7,9,11-12,14-15,22H,6,8,10H2,1-2H3. The number of fused-ring (bicyclic) bond motifs is 1. The molecule has 1 atom stereocenters. The van der Waals surface area contributed by atoms with Gasteiger partial charge in [-0.1, -0.05) is 23.2 Å². The molecule has 0 spiro atoms. The minimum Gasteiger partial charge on any atom is -0.495 e. The molecule has 184 valence electrons. The van der Waals surface area contributed by atoms with Crippen LogP contribution in [-0.4, -0.2) is 40.8 Å². The van der Waals surface area contributed by atoms with Gasteiger partial charge in [0.1, 0.15) is 5.75 Å². The number of rotatable bonds is 9. The molecule has 36 heavy (non-hydrogen) atoms. The summed E-state index contributed by atoms with van der Waals surface area (Å²) in [4.78, 5) is 26.7. The summed E-state index contributed by atoms with van der Waals surface area (Å²) >= 11 is 12.3. The zero-order valence-corrected chi connectivity index (χ0v) is 21.1. The number of carbonyl (C=O) groups is 1. The summed E-state index contributed by atoms with van der Waals surface area (Å²) < 4.78 is 13.7. The zero-order valence-electron chi connectivity index (χ0n) is 19.6. The van der Waals surface area contributed by atoms with Crippen molar-refractivity contribution in [2.24, 2.45) is 0 Å². The number of Topliss-reactive ketones (excluding diaryl/α,β-unsaturated/α-hetero) is 1. The fourth-order valence-electron chi connectivity index (χ4n) is 4.09. The number of ketones is 1. The summed E-state index contributed by atoms with van der Waals surface area (Å²) in [5.74, 6) is 0.153. The van der Waals surface area contributed by atoms with Crippen LogP contribution >= 0.6 is 23.2 Å². The minimum absolute atomic E-state index is 0.0791. The Hall–Kier alpha value is -3.64. The number of hydrogen-bond acceptors (Lipinski definition) is 6. The van der Waals surface area contributed by atoms with Crippen molar-refractivity contribution in [2.45, 2.75) is 18.9 Å². The van der Waals surface area contributed by atoms with Crippen LogP contribution < -0.4 is 10.3 Å². The molecule has 0 aliphatic heterocycles. The molecule has 0 fully saturated rings. The minimum atomic E-state index is -0.799. The Balaban J connectivity index is 1.74. The maximum Gasteiger partial charge on any atom is 0.252 e. The van der Waals surface area contributed by atoms with Gasteiger partial charge in [0.15, 0.2) is 5.78 Å². The van der Waals surface area contributed by atoms with Gasteiger partial charge in [-0.25, -0.2) is 4.52 Å². The molecular weight excluding hydrogens is 503 g/mol. The Kier molecular flexibility index (Phi) is 7.75. The predicted octanol–water partition coefficient (Wildman–Crippen LogP) is 4.74. The number of benzene rings is 1. The molecule has 3 aromatic heterocycles. The predicted molar refractivity (Wildman–Crippen MR) is 137 cm³/mol. The van der Waals surface area contributed by atoms with Gasteiger partial charge in [0.2, 0.25) is 0 Å². The number of carbonyl (C=O) groups excluding carboxylic acids is 1. The Morgan fingerprint density at radius 2 is 1.97 bits per heavy atom. The van der Waals surface area contributed by atoms with E-state index < -0.39 is 11.6 Å². The summed E-state index contributed by atoms with van der Waals surface area (Å²) in [5.41, 5.74) is 2.24. The van der Waals surface area contributed by atoms with Crippen molar-refractivity contribution < 1.29 is 14.3 Å². The topological polar surface area (TPSA) is 98.6 Å². The first-order valence-corrected chi connectivity index (χ1v) is 11.8. The molecule has 0 N–H and O–H groups in total. The highest BCUT2D eigenvalue weighted by Gasteiger charge is 2.24. The van der Waals surface area contributed by atoms with Crippen LogP contribution in [0.15, 0.2) is 59.8 Å². The summed E-state index contributed by atoms with van der Waals surface area (Å²) in [5, 5.41) is 14.6. The third kappa shape index (κ3) is 5.14. The van der Waals surface area contributed by atoms with E-state index in [1.54, 1.807) is 41.0 Å². The number of ether oxygens (including phenoxy) is 2. The zero-order chi connectivity index (χ0) is 25.8. The smallest absolute Gasteiger partial charge is 0.252 e. The van der Waals surface area contributed by atoms with Crippen molar-refractivity contribution in [2.75, 3.05) is 20.8 Å². The molecule has 4 rings (SSSR count). The Morgan fingerprint density at radius 3 is 2.69 bits per heavy atom. The lowest BCUT2D eigenvalue weighted by Crippen LogP contribution is -2.31. The van der Waals surface area contributed by atoms with E-state index in [4.69, 9.17) is 32.7 Å². The van der Waals surface area contributed by atoms with E-state index in [0.29, 0.717) is 38.0 Å². The molecule has 1 aromatic carbocycles. The molecule has 0 saturated carbocycles. The molecule has 10 heteroatoms. The van der Waals surface area contributed by atoms with E-state index in [9.17, 15) is 14.9 Å². The summed E-state index contributed by atoms with van der Waals surface area (Å²) in [6.45, 7) is 0.271. The third-order valence-corrected chi connectivity index (χ3v) is 6.40. The van der Waals surface area contributed by atoms with Crippen LogP contribution in [0.2, 0.25) is 10.0 Å².